The van der Waals surface area contributed by atoms with Gasteiger partial charge >= 0.3 is 0 Å². The second kappa shape index (κ2) is 5.69. The number of aromatic nitrogens is 1. The van der Waals surface area contributed by atoms with Crippen molar-refractivity contribution in [3.8, 4) is 0 Å². The lowest BCUT2D eigenvalue weighted by molar-refractivity contribution is -0.116. The number of aryl methyl sites for hydroxylation is 2. The molecule has 0 aliphatic rings. The lowest BCUT2D eigenvalue weighted by Gasteiger charge is -2.07. The molecule has 0 spiro atoms. The van der Waals surface area contributed by atoms with Gasteiger partial charge in [0.1, 0.15) is 10.9 Å². The Morgan fingerprint density at radius 3 is 3.06 bits per heavy atom. The summed E-state index contributed by atoms with van der Waals surface area (Å²) in [6, 6.07) is 5.37. The maximum Gasteiger partial charge on any atom is 0.224 e. The second-order valence-electron chi connectivity index (χ2n) is 3.95. The molecule has 1 N–H and O–H groups in total. The summed E-state index contributed by atoms with van der Waals surface area (Å²) in [6.07, 6.45) is 4.11. The Kier molecular flexibility index (Phi) is 3.99. The Balaban J connectivity index is 1.91. The number of carbonyl (C=O) groups is 1. The van der Waals surface area contributed by atoms with Crippen LogP contribution in [0.4, 0.5) is 5.69 Å². The van der Waals surface area contributed by atoms with E-state index in [-0.39, 0.29) is 5.91 Å². The minimum absolute atomic E-state index is 0.0707. The van der Waals surface area contributed by atoms with Crippen molar-refractivity contribution in [3.63, 3.8) is 0 Å². The number of pyridine rings is 1. The summed E-state index contributed by atoms with van der Waals surface area (Å²) in [5.41, 5.74) is 1.57. The molecular weight excluding hydrogens is 252 g/mol. The second-order valence-corrected chi connectivity index (χ2v) is 4.34. The summed E-state index contributed by atoms with van der Waals surface area (Å²) < 4.78 is 5.16. The average Bonchev–Trinajstić information content (AvgIpc) is 2.83. The van der Waals surface area contributed by atoms with E-state index in [1.807, 2.05) is 13.0 Å². The highest BCUT2D eigenvalue weighted by molar-refractivity contribution is 6.29. The van der Waals surface area contributed by atoms with E-state index in [2.05, 4.69) is 10.3 Å². The average molecular weight is 265 g/mol. The van der Waals surface area contributed by atoms with Crippen LogP contribution in [0.15, 0.2) is 35.1 Å². The van der Waals surface area contributed by atoms with Gasteiger partial charge in [0.2, 0.25) is 5.91 Å². The fraction of sp³-hybridized carbons (Fsp3) is 0.231. The molecule has 0 atom stereocenters. The molecule has 2 rings (SSSR count). The molecule has 94 valence electrons. The van der Waals surface area contributed by atoms with E-state index < -0.39 is 0 Å². The Morgan fingerprint density at radius 2 is 2.39 bits per heavy atom. The van der Waals surface area contributed by atoms with Gasteiger partial charge in [0.25, 0.3) is 0 Å². The molecule has 18 heavy (non-hydrogen) atoms. The third-order valence-corrected chi connectivity index (χ3v) is 2.74. The number of rotatable bonds is 4. The quantitative estimate of drug-likeness (QED) is 0.863. The molecule has 2 aromatic rings. The summed E-state index contributed by atoms with van der Waals surface area (Å²) >= 11 is 5.75. The van der Waals surface area contributed by atoms with Gasteiger partial charge in [-0.25, -0.2) is 4.98 Å². The Hall–Kier alpha value is -1.81. The van der Waals surface area contributed by atoms with Crippen molar-refractivity contribution in [2.75, 3.05) is 5.32 Å². The van der Waals surface area contributed by atoms with Crippen LogP contribution in [0.3, 0.4) is 0 Å². The summed E-state index contributed by atoms with van der Waals surface area (Å²) in [6.45, 7) is 1.87. The molecule has 4 nitrogen and oxygen atoms in total. The first kappa shape index (κ1) is 12.6. The third kappa shape index (κ3) is 3.34. The monoisotopic (exact) mass is 264 g/mol. The van der Waals surface area contributed by atoms with Gasteiger partial charge < -0.3 is 9.73 Å². The van der Waals surface area contributed by atoms with Crippen molar-refractivity contribution in [2.45, 2.75) is 19.8 Å². The van der Waals surface area contributed by atoms with Crippen molar-refractivity contribution in [1.29, 1.82) is 0 Å². The summed E-state index contributed by atoms with van der Waals surface area (Å²) in [7, 11) is 0. The van der Waals surface area contributed by atoms with Crippen molar-refractivity contribution in [3.05, 3.63) is 47.1 Å². The largest absolute Gasteiger partial charge is 0.469 e. The molecular formula is C13H13ClN2O2. The molecule has 0 fully saturated rings. The zero-order chi connectivity index (χ0) is 13.0. The van der Waals surface area contributed by atoms with Gasteiger partial charge in [0.05, 0.1) is 18.1 Å². The number of nitrogens with zero attached hydrogens (tertiary/aromatic N) is 1. The predicted molar refractivity (Wildman–Crippen MR) is 69.6 cm³/mol. The first-order valence-corrected chi connectivity index (χ1v) is 5.97. The Bertz CT molecular complexity index is 538. The minimum atomic E-state index is -0.0707. The van der Waals surface area contributed by atoms with Gasteiger partial charge in [-0.3, -0.25) is 4.79 Å². The van der Waals surface area contributed by atoms with Gasteiger partial charge in [-0.15, -0.1) is 0 Å². The van der Waals surface area contributed by atoms with Crippen LogP contribution in [-0.4, -0.2) is 10.9 Å². The van der Waals surface area contributed by atoms with Crippen LogP contribution in [0, 0.1) is 6.92 Å². The molecule has 2 aromatic heterocycles. The van der Waals surface area contributed by atoms with Crippen LogP contribution >= 0.6 is 11.6 Å². The van der Waals surface area contributed by atoms with Crippen molar-refractivity contribution in [1.82, 2.24) is 4.98 Å². The first-order valence-electron chi connectivity index (χ1n) is 5.59. The number of amides is 1. The van der Waals surface area contributed by atoms with Crippen LogP contribution in [-0.2, 0) is 11.2 Å². The third-order valence-electron chi connectivity index (χ3n) is 2.53. The fourth-order valence-corrected chi connectivity index (χ4v) is 1.77. The van der Waals surface area contributed by atoms with E-state index in [1.165, 1.54) is 0 Å². The molecule has 0 aliphatic carbocycles. The van der Waals surface area contributed by atoms with Crippen molar-refractivity contribution >= 4 is 23.2 Å². The van der Waals surface area contributed by atoms with Gasteiger partial charge in [-0.1, -0.05) is 11.6 Å². The van der Waals surface area contributed by atoms with E-state index in [0.29, 0.717) is 23.7 Å². The summed E-state index contributed by atoms with van der Waals surface area (Å²) in [4.78, 5) is 15.7. The number of carbonyl (C=O) groups excluding carboxylic acids is 1. The number of nitrogens with one attached hydrogen (secondary N) is 1. The molecule has 5 heteroatoms. The number of hydrogen-bond donors (Lipinski definition) is 1. The van der Waals surface area contributed by atoms with Gasteiger partial charge in [-0.05, 0) is 30.7 Å². The molecule has 0 aromatic carbocycles. The summed E-state index contributed by atoms with van der Waals surface area (Å²) in [5, 5.41) is 3.22. The van der Waals surface area contributed by atoms with E-state index in [0.717, 1.165) is 11.3 Å². The predicted octanol–water partition coefficient (Wildman–Crippen LogP) is 3.21. The smallest absolute Gasteiger partial charge is 0.224 e. The maximum atomic E-state index is 11.7. The number of hydrogen-bond acceptors (Lipinski definition) is 3. The highest BCUT2D eigenvalue weighted by Crippen LogP contribution is 2.17. The highest BCUT2D eigenvalue weighted by Gasteiger charge is 2.07. The van der Waals surface area contributed by atoms with Gasteiger partial charge in [-0.2, -0.15) is 0 Å². The molecule has 2 heterocycles. The van der Waals surface area contributed by atoms with Crippen LogP contribution in [0.5, 0.6) is 0 Å². The van der Waals surface area contributed by atoms with E-state index >= 15 is 0 Å². The van der Waals surface area contributed by atoms with E-state index in [1.54, 1.807) is 24.6 Å². The van der Waals surface area contributed by atoms with Gasteiger partial charge in [0.15, 0.2) is 0 Å². The number of furan rings is 1. The summed E-state index contributed by atoms with van der Waals surface area (Å²) in [5.74, 6) is 0.731. The van der Waals surface area contributed by atoms with Crippen LogP contribution in [0.1, 0.15) is 17.7 Å². The fourth-order valence-electron chi connectivity index (χ4n) is 1.56. The maximum absolute atomic E-state index is 11.7. The lowest BCUT2D eigenvalue weighted by atomic mass is 10.2. The molecule has 0 bridgehead atoms. The van der Waals surface area contributed by atoms with Crippen molar-refractivity contribution in [2.24, 2.45) is 0 Å². The minimum Gasteiger partial charge on any atom is -0.469 e. The van der Waals surface area contributed by atoms with Crippen LogP contribution in [0.2, 0.25) is 5.15 Å². The molecule has 0 radical (unpaired) electrons. The lowest BCUT2D eigenvalue weighted by Crippen LogP contribution is -2.13. The van der Waals surface area contributed by atoms with Crippen LogP contribution in [0.25, 0.3) is 0 Å². The normalized spacial score (nSPS) is 10.3. The zero-order valence-electron chi connectivity index (χ0n) is 9.94. The zero-order valence-corrected chi connectivity index (χ0v) is 10.7. The standard InChI is InChI=1S/C13H13ClN2O2/c1-9-7-12(14)15-8-11(9)16-13(17)5-4-10-3-2-6-18-10/h2-3,6-8H,4-5H2,1H3,(H,16,17). The Labute approximate surface area is 110 Å². The number of anilines is 1. The van der Waals surface area contributed by atoms with Crippen LogP contribution < -0.4 is 5.32 Å². The molecule has 0 unspecified atom stereocenters. The first-order chi connectivity index (χ1) is 8.65. The van der Waals surface area contributed by atoms with Gasteiger partial charge in [0, 0.05) is 12.8 Å². The highest BCUT2D eigenvalue weighted by atomic mass is 35.5. The van der Waals surface area contributed by atoms with E-state index in [4.69, 9.17) is 16.0 Å². The molecule has 0 saturated heterocycles. The topological polar surface area (TPSA) is 55.1 Å². The van der Waals surface area contributed by atoms with Crippen molar-refractivity contribution < 1.29 is 9.21 Å². The SMILES string of the molecule is Cc1cc(Cl)ncc1NC(=O)CCc1ccco1. The molecule has 1 amide bonds. The molecule has 0 aliphatic heterocycles. The number of halogens is 1. The molecule has 0 saturated carbocycles. The van der Waals surface area contributed by atoms with E-state index in [9.17, 15) is 4.79 Å². The Morgan fingerprint density at radius 1 is 1.56 bits per heavy atom.